The molecule has 2 aromatic carbocycles. The van der Waals surface area contributed by atoms with E-state index in [0.29, 0.717) is 5.75 Å². The maximum Gasteiger partial charge on any atom is 0.441 e. The van der Waals surface area contributed by atoms with Crippen LogP contribution in [0.15, 0.2) is 60.7 Å². The van der Waals surface area contributed by atoms with E-state index in [2.05, 4.69) is 12.6 Å². The van der Waals surface area contributed by atoms with Crippen LogP contribution in [0.2, 0.25) is 0 Å². The summed E-state index contributed by atoms with van der Waals surface area (Å²) in [7, 11) is 0. The maximum atomic E-state index is 12.1. The molecule has 1 aliphatic heterocycles. The number of nitrogens with two attached hydrogens (primary N) is 1. The van der Waals surface area contributed by atoms with Gasteiger partial charge in [0, 0.05) is 5.75 Å². The molecule has 3 nitrogen and oxygen atoms in total. The van der Waals surface area contributed by atoms with Gasteiger partial charge in [-0.1, -0.05) is 71.6 Å². The molecule has 0 aliphatic carbocycles. The van der Waals surface area contributed by atoms with Crippen molar-refractivity contribution in [2.24, 2.45) is 0 Å². The van der Waals surface area contributed by atoms with E-state index < -0.39 is 6.48 Å². The Bertz CT molecular complexity index is 566. The summed E-state index contributed by atoms with van der Waals surface area (Å²) < 4.78 is 5.84. The molecule has 0 saturated carbocycles. The maximum absolute atomic E-state index is 12.1. The molecule has 0 amide bonds. The standard InChI is InChI=1S/C15H16BNO2S/c18-15-14(11-20)17-16(19-15,12-7-3-1-4-8-12)13-9-5-2-6-10-13/h1-10,14,20H,11,17H2. The van der Waals surface area contributed by atoms with Crippen molar-refractivity contribution in [3.63, 3.8) is 0 Å². The van der Waals surface area contributed by atoms with Gasteiger partial charge in [-0.3, -0.25) is 0 Å². The lowest BCUT2D eigenvalue weighted by Gasteiger charge is -2.31. The average molecular weight is 285 g/mol. The summed E-state index contributed by atoms with van der Waals surface area (Å²) in [5, 5.41) is 2.03. The first-order valence-electron chi connectivity index (χ1n) is 6.72. The molecule has 2 aromatic rings. The largest absolute Gasteiger partial charge is 0.627 e. The van der Waals surface area contributed by atoms with Gasteiger partial charge in [0.2, 0.25) is 0 Å². The van der Waals surface area contributed by atoms with E-state index in [1.807, 2.05) is 65.9 Å². The molecule has 0 bridgehead atoms. The molecule has 5 heteroatoms. The zero-order valence-corrected chi connectivity index (χ0v) is 11.9. The van der Waals surface area contributed by atoms with Crippen LogP contribution in [0.3, 0.4) is 0 Å². The molecule has 0 spiro atoms. The van der Waals surface area contributed by atoms with Crippen LogP contribution in [0.25, 0.3) is 0 Å². The summed E-state index contributed by atoms with van der Waals surface area (Å²) in [6.45, 7) is -1.59. The number of hydrogen-bond donors (Lipinski definition) is 2. The smallest absolute Gasteiger partial charge is 0.441 e. The first-order chi connectivity index (χ1) is 9.76. The van der Waals surface area contributed by atoms with Crippen molar-refractivity contribution in [3.8, 4) is 0 Å². The molecule has 1 unspecified atom stereocenters. The Morgan fingerprint density at radius 1 is 1.00 bits per heavy atom. The molecule has 2 N–H and O–H groups in total. The van der Waals surface area contributed by atoms with Gasteiger partial charge in [-0.15, -0.1) is 0 Å². The molecular formula is C15H16BNO2S. The van der Waals surface area contributed by atoms with E-state index >= 15 is 0 Å². The van der Waals surface area contributed by atoms with Crippen LogP contribution in [0, 0.1) is 0 Å². The van der Waals surface area contributed by atoms with Gasteiger partial charge in [0.15, 0.2) is 6.04 Å². The van der Waals surface area contributed by atoms with Gasteiger partial charge < -0.3 is 9.88 Å². The van der Waals surface area contributed by atoms with Gasteiger partial charge in [-0.2, -0.15) is 12.6 Å². The molecule has 1 heterocycles. The number of carbonyl (C=O) groups excluding carboxylic acids is 1. The SMILES string of the molecule is O=C1O[B-](c2ccccc2)(c2ccccc2)[NH2+]C1CS. The molecule has 3 rings (SSSR count). The van der Waals surface area contributed by atoms with Gasteiger partial charge in [0.05, 0.1) is 0 Å². The highest BCUT2D eigenvalue weighted by Gasteiger charge is 2.49. The fourth-order valence-electron chi connectivity index (χ4n) is 2.88. The monoisotopic (exact) mass is 285 g/mol. The van der Waals surface area contributed by atoms with Crippen LogP contribution < -0.4 is 16.2 Å². The Kier molecular flexibility index (Phi) is 3.55. The van der Waals surface area contributed by atoms with Crippen LogP contribution in [-0.2, 0) is 9.45 Å². The minimum absolute atomic E-state index is 0.187. The van der Waals surface area contributed by atoms with Crippen LogP contribution in [0.1, 0.15) is 0 Å². The van der Waals surface area contributed by atoms with E-state index in [9.17, 15) is 4.79 Å². The molecule has 0 aromatic heterocycles. The number of hydrogen-bond acceptors (Lipinski definition) is 3. The highest BCUT2D eigenvalue weighted by molar-refractivity contribution is 7.80. The number of rotatable bonds is 3. The second-order valence-electron chi connectivity index (χ2n) is 5.09. The predicted octanol–water partition coefficient (Wildman–Crippen LogP) is -0.338. The summed E-state index contributed by atoms with van der Waals surface area (Å²) in [5.41, 5.74) is 2.05. The highest BCUT2D eigenvalue weighted by Crippen LogP contribution is 2.08. The third-order valence-corrected chi connectivity index (χ3v) is 4.29. The van der Waals surface area contributed by atoms with Crippen LogP contribution in [-0.4, -0.2) is 24.2 Å². The second-order valence-corrected chi connectivity index (χ2v) is 5.45. The van der Waals surface area contributed by atoms with Gasteiger partial charge in [-0.05, 0) is 0 Å². The number of quaternary nitrogens is 1. The molecule has 0 radical (unpaired) electrons. The van der Waals surface area contributed by atoms with Crippen LogP contribution >= 0.6 is 12.6 Å². The number of benzene rings is 2. The lowest BCUT2D eigenvalue weighted by atomic mass is 9.42. The van der Waals surface area contributed by atoms with Crippen molar-refractivity contribution in [2.45, 2.75) is 6.04 Å². The van der Waals surface area contributed by atoms with Crippen molar-refractivity contribution in [1.82, 2.24) is 0 Å². The third-order valence-electron chi connectivity index (χ3n) is 3.89. The Labute approximate surface area is 123 Å². The Balaban J connectivity index is 2.13. The van der Waals surface area contributed by atoms with E-state index in [-0.39, 0.29) is 12.0 Å². The lowest BCUT2D eigenvalue weighted by Crippen LogP contribution is -3.08. The minimum atomic E-state index is -1.59. The van der Waals surface area contributed by atoms with E-state index in [1.165, 1.54) is 0 Å². The second kappa shape index (κ2) is 5.35. The zero-order valence-electron chi connectivity index (χ0n) is 11.0. The summed E-state index contributed by atoms with van der Waals surface area (Å²) in [5.74, 6) is 0.287. The molecule has 102 valence electrons. The molecule has 20 heavy (non-hydrogen) atoms. The highest BCUT2D eigenvalue weighted by atomic mass is 32.1. The lowest BCUT2D eigenvalue weighted by molar-refractivity contribution is -0.543. The Morgan fingerprint density at radius 2 is 1.50 bits per heavy atom. The molecule has 1 atom stereocenters. The van der Waals surface area contributed by atoms with Crippen molar-refractivity contribution >= 4 is 36.0 Å². The summed E-state index contributed by atoms with van der Waals surface area (Å²) in [6, 6.07) is 19.6. The Hall–Kier alpha value is -1.72. The van der Waals surface area contributed by atoms with E-state index in [4.69, 9.17) is 4.65 Å². The molecular weight excluding hydrogens is 269 g/mol. The molecule has 1 saturated heterocycles. The number of carbonyl (C=O) groups is 1. The van der Waals surface area contributed by atoms with Gasteiger partial charge >= 0.3 is 12.5 Å². The van der Waals surface area contributed by atoms with E-state index in [0.717, 1.165) is 10.9 Å². The van der Waals surface area contributed by atoms with Crippen molar-refractivity contribution in [1.29, 1.82) is 0 Å². The van der Waals surface area contributed by atoms with Crippen LogP contribution in [0.4, 0.5) is 0 Å². The minimum Gasteiger partial charge on any atom is -0.627 e. The third kappa shape index (κ3) is 2.13. The van der Waals surface area contributed by atoms with Crippen molar-refractivity contribution in [2.75, 3.05) is 5.75 Å². The average Bonchev–Trinajstić information content (AvgIpc) is 2.87. The topological polar surface area (TPSA) is 42.9 Å². The molecule has 1 aliphatic rings. The zero-order chi connectivity index (χ0) is 14.0. The van der Waals surface area contributed by atoms with Crippen molar-refractivity contribution in [3.05, 3.63) is 60.7 Å². The van der Waals surface area contributed by atoms with Crippen LogP contribution in [0.5, 0.6) is 0 Å². The normalized spacial score (nSPS) is 20.6. The van der Waals surface area contributed by atoms with Gasteiger partial charge in [0.25, 0.3) is 0 Å². The fraction of sp³-hybridized carbons (Fsp3) is 0.133. The van der Waals surface area contributed by atoms with E-state index in [1.54, 1.807) is 0 Å². The first kappa shape index (κ1) is 13.3. The Morgan fingerprint density at radius 3 is 1.90 bits per heavy atom. The summed E-state index contributed by atoms with van der Waals surface area (Å²) in [4.78, 5) is 12.1. The fourth-order valence-corrected chi connectivity index (χ4v) is 3.15. The van der Waals surface area contributed by atoms with Gasteiger partial charge in [0.1, 0.15) is 0 Å². The summed E-state index contributed by atoms with van der Waals surface area (Å²) in [6.07, 6.45) is 0. The van der Waals surface area contributed by atoms with Gasteiger partial charge in [-0.25, -0.2) is 4.79 Å². The number of thiol groups is 1. The first-order valence-corrected chi connectivity index (χ1v) is 7.35. The summed E-state index contributed by atoms with van der Waals surface area (Å²) >= 11 is 4.26. The quantitative estimate of drug-likeness (QED) is 0.598. The van der Waals surface area contributed by atoms with Crippen molar-refractivity contribution < 1.29 is 14.7 Å². The predicted molar refractivity (Wildman–Crippen MR) is 83.6 cm³/mol. The molecule has 1 fully saturated rings.